The molecule has 0 atom stereocenters. The van der Waals surface area contributed by atoms with E-state index >= 15 is 0 Å². The molecule has 2 N–H and O–H groups in total. The van der Waals surface area contributed by atoms with Crippen LogP contribution in [0.3, 0.4) is 0 Å². The van der Waals surface area contributed by atoms with Crippen molar-refractivity contribution in [3.8, 4) is 11.6 Å². The molecule has 3 rings (SSSR count). The summed E-state index contributed by atoms with van der Waals surface area (Å²) in [6.45, 7) is 0. The molecular weight excluding hydrogens is 340 g/mol. The molecule has 100 valence electrons. The van der Waals surface area contributed by atoms with E-state index in [0.29, 0.717) is 22.3 Å². The number of hydrogen-bond acceptors (Lipinski definition) is 3. The number of halogens is 2. The van der Waals surface area contributed by atoms with Gasteiger partial charge in [0, 0.05) is 6.20 Å². The lowest BCUT2D eigenvalue weighted by molar-refractivity contribution is 0.463. The maximum atomic E-state index is 5.84. The fourth-order valence-corrected chi connectivity index (χ4v) is 2.66. The Morgan fingerprint density at radius 1 is 1.15 bits per heavy atom. The van der Waals surface area contributed by atoms with Crippen LogP contribution >= 0.6 is 27.5 Å². The number of fused-ring (bicyclic) bond motifs is 1. The van der Waals surface area contributed by atoms with Gasteiger partial charge in [0.25, 0.3) is 0 Å². The molecule has 0 aliphatic heterocycles. The zero-order chi connectivity index (χ0) is 14.1. The van der Waals surface area contributed by atoms with Gasteiger partial charge in [-0.3, -0.25) is 0 Å². The predicted octanol–water partition coefficient (Wildman–Crippen LogP) is 5.03. The molecule has 0 saturated heterocycles. The fourth-order valence-electron chi connectivity index (χ4n) is 1.92. The number of nitrogens with two attached hydrogens (primary N) is 1. The highest BCUT2D eigenvalue weighted by atomic mass is 79.9. The summed E-state index contributed by atoms with van der Waals surface area (Å²) in [6, 6.07) is 13.5. The molecule has 20 heavy (non-hydrogen) atoms. The Bertz CT molecular complexity index is 792. The first-order valence-corrected chi connectivity index (χ1v) is 7.08. The second kappa shape index (κ2) is 5.31. The summed E-state index contributed by atoms with van der Waals surface area (Å²) in [5.74, 6) is 0.996. The van der Waals surface area contributed by atoms with E-state index in [1.807, 2.05) is 36.4 Å². The van der Waals surface area contributed by atoms with E-state index in [0.717, 1.165) is 15.2 Å². The quantitative estimate of drug-likeness (QED) is 0.706. The number of aromatic nitrogens is 1. The molecule has 0 unspecified atom stereocenters. The lowest BCUT2D eigenvalue weighted by Gasteiger charge is -2.10. The first-order valence-electron chi connectivity index (χ1n) is 5.91. The topological polar surface area (TPSA) is 48.1 Å². The van der Waals surface area contributed by atoms with E-state index in [4.69, 9.17) is 22.1 Å². The van der Waals surface area contributed by atoms with Crippen molar-refractivity contribution in [3.63, 3.8) is 0 Å². The number of anilines is 1. The number of hydrogen-bond donors (Lipinski definition) is 1. The van der Waals surface area contributed by atoms with E-state index in [-0.39, 0.29) is 0 Å². The van der Waals surface area contributed by atoms with Crippen LogP contribution in [-0.4, -0.2) is 4.98 Å². The summed E-state index contributed by atoms with van der Waals surface area (Å²) in [6.07, 6.45) is 1.50. The van der Waals surface area contributed by atoms with Crippen LogP contribution in [0.25, 0.3) is 10.8 Å². The molecule has 0 saturated carbocycles. The predicted molar refractivity (Wildman–Crippen MR) is 85.4 cm³/mol. The molecule has 2 aromatic carbocycles. The number of ether oxygens (including phenoxy) is 1. The summed E-state index contributed by atoms with van der Waals surface area (Å²) >= 11 is 9.38. The molecule has 0 spiro atoms. The molecule has 1 aromatic heterocycles. The van der Waals surface area contributed by atoms with E-state index in [9.17, 15) is 0 Å². The summed E-state index contributed by atoms with van der Waals surface area (Å²) < 4.78 is 6.63. The number of rotatable bonds is 2. The van der Waals surface area contributed by atoms with Gasteiger partial charge in [-0.05, 0) is 38.8 Å². The van der Waals surface area contributed by atoms with E-state index < -0.39 is 0 Å². The van der Waals surface area contributed by atoms with Crippen LogP contribution in [0.5, 0.6) is 11.6 Å². The Morgan fingerprint density at radius 3 is 2.75 bits per heavy atom. The standard InChI is InChI=1S/C15H10BrClN2O/c16-14-11-4-2-1-3-9(11)5-6-13(14)20-15-12(18)7-10(17)8-19-15/h1-8H,18H2. The van der Waals surface area contributed by atoms with Crippen LogP contribution in [0.2, 0.25) is 5.02 Å². The minimum Gasteiger partial charge on any atom is -0.436 e. The SMILES string of the molecule is Nc1cc(Cl)cnc1Oc1ccc2ccccc2c1Br. The van der Waals surface area contributed by atoms with Crippen molar-refractivity contribution in [3.05, 3.63) is 58.2 Å². The van der Waals surface area contributed by atoms with Gasteiger partial charge in [0.15, 0.2) is 0 Å². The van der Waals surface area contributed by atoms with Crippen LogP contribution in [0.15, 0.2) is 53.1 Å². The van der Waals surface area contributed by atoms with Crippen LogP contribution in [0.1, 0.15) is 0 Å². The number of benzene rings is 2. The monoisotopic (exact) mass is 348 g/mol. The zero-order valence-corrected chi connectivity index (χ0v) is 12.6. The van der Waals surface area contributed by atoms with Gasteiger partial charge in [-0.1, -0.05) is 41.9 Å². The van der Waals surface area contributed by atoms with Gasteiger partial charge in [0.1, 0.15) is 5.75 Å². The third kappa shape index (κ3) is 2.44. The van der Waals surface area contributed by atoms with Crippen LogP contribution in [0, 0.1) is 0 Å². The van der Waals surface area contributed by atoms with Crippen molar-refractivity contribution in [2.24, 2.45) is 0 Å². The molecule has 3 aromatic rings. The maximum absolute atomic E-state index is 5.84. The normalized spacial score (nSPS) is 10.7. The lowest BCUT2D eigenvalue weighted by atomic mass is 10.1. The average Bonchev–Trinajstić information content (AvgIpc) is 2.45. The van der Waals surface area contributed by atoms with Gasteiger partial charge in [0.2, 0.25) is 5.88 Å². The van der Waals surface area contributed by atoms with Crippen molar-refractivity contribution >= 4 is 44.0 Å². The molecule has 1 heterocycles. The summed E-state index contributed by atoms with van der Waals surface area (Å²) in [5, 5.41) is 2.67. The smallest absolute Gasteiger partial charge is 0.242 e. The van der Waals surface area contributed by atoms with Gasteiger partial charge >= 0.3 is 0 Å². The number of nitrogen functional groups attached to an aromatic ring is 1. The molecule has 0 bridgehead atoms. The maximum Gasteiger partial charge on any atom is 0.242 e. The van der Waals surface area contributed by atoms with Crippen LogP contribution in [0.4, 0.5) is 5.69 Å². The highest BCUT2D eigenvalue weighted by Gasteiger charge is 2.10. The highest BCUT2D eigenvalue weighted by molar-refractivity contribution is 9.10. The number of pyridine rings is 1. The van der Waals surface area contributed by atoms with Crippen molar-refractivity contribution in [1.29, 1.82) is 0 Å². The highest BCUT2D eigenvalue weighted by Crippen LogP contribution is 2.36. The summed E-state index contributed by atoms with van der Waals surface area (Å²) in [7, 11) is 0. The summed E-state index contributed by atoms with van der Waals surface area (Å²) in [4.78, 5) is 4.09. The molecule has 3 nitrogen and oxygen atoms in total. The van der Waals surface area contributed by atoms with Gasteiger partial charge < -0.3 is 10.5 Å². The minimum absolute atomic E-state index is 0.338. The van der Waals surface area contributed by atoms with E-state index in [1.165, 1.54) is 6.20 Å². The van der Waals surface area contributed by atoms with E-state index in [1.54, 1.807) is 6.07 Å². The van der Waals surface area contributed by atoms with Gasteiger partial charge in [0.05, 0.1) is 15.2 Å². The molecule has 0 amide bonds. The fraction of sp³-hybridized carbons (Fsp3) is 0. The first kappa shape index (κ1) is 13.2. The van der Waals surface area contributed by atoms with Crippen molar-refractivity contribution < 1.29 is 4.74 Å². The Labute approximate surface area is 129 Å². The minimum atomic E-state index is 0.338. The third-order valence-electron chi connectivity index (χ3n) is 2.88. The largest absolute Gasteiger partial charge is 0.436 e. The zero-order valence-electron chi connectivity index (χ0n) is 10.3. The van der Waals surface area contributed by atoms with Gasteiger partial charge in [-0.25, -0.2) is 4.98 Å². The van der Waals surface area contributed by atoms with Gasteiger partial charge in [-0.2, -0.15) is 0 Å². The Kier molecular flexibility index (Phi) is 3.51. The number of nitrogens with zero attached hydrogens (tertiary/aromatic N) is 1. The molecule has 0 radical (unpaired) electrons. The third-order valence-corrected chi connectivity index (χ3v) is 3.90. The van der Waals surface area contributed by atoms with Crippen LogP contribution in [-0.2, 0) is 0 Å². The molecule has 0 aliphatic rings. The van der Waals surface area contributed by atoms with Crippen molar-refractivity contribution in [2.75, 3.05) is 5.73 Å². The molecular formula is C15H10BrClN2O. The summed E-state index contributed by atoms with van der Waals surface area (Å²) in [5.41, 5.74) is 6.25. The van der Waals surface area contributed by atoms with Crippen molar-refractivity contribution in [1.82, 2.24) is 4.98 Å². The molecule has 0 fully saturated rings. The molecule has 0 aliphatic carbocycles. The first-order chi connectivity index (χ1) is 9.65. The second-order valence-corrected chi connectivity index (χ2v) is 5.48. The van der Waals surface area contributed by atoms with Crippen LogP contribution < -0.4 is 10.5 Å². The Hall–Kier alpha value is -1.78. The molecule has 5 heteroatoms. The average molecular weight is 350 g/mol. The lowest BCUT2D eigenvalue weighted by Crippen LogP contribution is -1.95. The second-order valence-electron chi connectivity index (χ2n) is 4.25. The Morgan fingerprint density at radius 2 is 1.95 bits per heavy atom. The van der Waals surface area contributed by atoms with E-state index in [2.05, 4.69) is 20.9 Å². The van der Waals surface area contributed by atoms with Gasteiger partial charge in [-0.15, -0.1) is 0 Å². The van der Waals surface area contributed by atoms with Crippen molar-refractivity contribution in [2.45, 2.75) is 0 Å². The Balaban J connectivity index is 2.04.